The van der Waals surface area contributed by atoms with Crippen LogP contribution in [0.25, 0.3) is 0 Å². The van der Waals surface area contributed by atoms with Gasteiger partial charge in [0.2, 0.25) is 5.95 Å². The van der Waals surface area contributed by atoms with Crippen molar-refractivity contribution in [2.24, 2.45) is 0 Å². The Balaban J connectivity index is 3.13. The lowest BCUT2D eigenvalue weighted by Crippen LogP contribution is -2.33. The van der Waals surface area contributed by atoms with Gasteiger partial charge in [-0.3, -0.25) is 0 Å². The fourth-order valence-corrected chi connectivity index (χ4v) is 1.85. The van der Waals surface area contributed by atoms with Gasteiger partial charge in [0.15, 0.2) is 5.16 Å². The van der Waals surface area contributed by atoms with E-state index in [9.17, 15) is 4.79 Å². The minimum Gasteiger partial charge on any atom is -0.467 e. The topological polar surface area (TPSA) is 77.4 Å². The summed E-state index contributed by atoms with van der Waals surface area (Å²) in [7, 11) is 1.46. The van der Waals surface area contributed by atoms with Crippen LogP contribution >= 0.6 is 11.8 Å². The Kier molecular flexibility index (Phi) is 6.78. The molecule has 0 aliphatic heterocycles. The van der Waals surface area contributed by atoms with Gasteiger partial charge in [-0.05, 0) is 12.7 Å². The zero-order chi connectivity index (χ0) is 15.0. The molecule has 0 fully saturated rings. The third kappa shape index (κ3) is 4.37. The molecule has 20 heavy (non-hydrogen) atoms. The minimum absolute atomic E-state index is 0.157. The highest BCUT2D eigenvalue weighted by Gasteiger charge is 2.20. The second-order valence-corrected chi connectivity index (χ2v) is 4.67. The van der Waals surface area contributed by atoms with E-state index in [-0.39, 0.29) is 25.1 Å². The molecule has 1 heterocycles. The number of anilines is 1. The summed E-state index contributed by atoms with van der Waals surface area (Å²) in [5, 5.41) is 0.493. The highest BCUT2D eigenvalue weighted by atomic mass is 32.2. The van der Waals surface area contributed by atoms with Crippen LogP contribution < -0.4 is 9.64 Å². The largest absolute Gasteiger partial charge is 0.467 e. The molecule has 0 N–H and O–H groups in total. The molecule has 0 atom stereocenters. The molecule has 0 aliphatic carbocycles. The van der Waals surface area contributed by atoms with Crippen molar-refractivity contribution in [2.45, 2.75) is 19.0 Å². The number of rotatable bonds is 7. The van der Waals surface area contributed by atoms with E-state index in [1.807, 2.05) is 6.92 Å². The number of hydrogen-bond donors (Lipinski definition) is 0. The fourth-order valence-electron chi connectivity index (χ4n) is 1.30. The van der Waals surface area contributed by atoms with E-state index in [0.29, 0.717) is 5.16 Å². The Hall–Kier alpha value is -1.83. The number of ether oxygens (including phenoxy) is 2. The van der Waals surface area contributed by atoms with E-state index in [0.717, 1.165) is 5.75 Å². The van der Waals surface area contributed by atoms with Crippen LogP contribution in [0.2, 0.25) is 0 Å². The molecular formula is C12H18N4O3S. The van der Waals surface area contributed by atoms with E-state index in [2.05, 4.69) is 21.5 Å². The monoisotopic (exact) mass is 298 g/mol. The molecule has 7 nitrogen and oxygen atoms in total. The van der Waals surface area contributed by atoms with E-state index < -0.39 is 6.09 Å². The summed E-state index contributed by atoms with van der Waals surface area (Å²) >= 11 is 1.43. The second kappa shape index (κ2) is 8.36. The zero-order valence-electron chi connectivity index (χ0n) is 11.8. The molecule has 0 spiro atoms. The second-order valence-electron chi connectivity index (χ2n) is 3.44. The predicted molar refractivity (Wildman–Crippen MR) is 77.3 cm³/mol. The predicted octanol–water partition coefficient (Wildman–Crippen LogP) is 2.14. The molecule has 0 aliphatic rings. The third-order valence-corrected chi connectivity index (χ3v) is 2.81. The summed E-state index contributed by atoms with van der Waals surface area (Å²) in [5.74, 6) is 0.985. The molecule has 0 unspecified atom stereocenters. The summed E-state index contributed by atoms with van der Waals surface area (Å²) < 4.78 is 10.0. The van der Waals surface area contributed by atoms with E-state index in [1.54, 1.807) is 13.0 Å². The minimum atomic E-state index is -0.534. The van der Waals surface area contributed by atoms with Gasteiger partial charge in [0, 0.05) is 0 Å². The first-order valence-corrected chi connectivity index (χ1v) is 7.12. The Labute approximate surface area is 122 Å². The Morgan fingerprint density at radius 3 is 2.70 bits per heavy atom. The molecule has 0 aromatic carbocycles. The third-order valence-electron chi connectivity index (χ3n) is 2.08. The van der Waals surface area contributed by atoms with Crippen LogP contribution in [0, 0.1) is 0 Å². The summed E-state index contributed by atoms with van der Waals surface area (Å²) in [4.78, 5) is 25.6. The quantitative estimate of drug-likeness (QED) is 0.563. The summed E-state index contributed by atoms with van der Waals surface area (Å²) in [6.45, 7) is 7.83. The lowest BCUT2D eigenvalue weighted by atomic mass is 10.5. The van der Waals surface area contributed by atoms with Crippen molar-refractivity contribution in [3.63, 3.8) is 0 Å². The number of nitrogens with zero attached hydrogens (tertiary/aromatic N) is 4. The van der Waals surface area contributed by atoms with Crippen molar-refractivity contribution in [1.82, 2.24) is 15.0 Å². The lowest BCUT2D eigenvalue weighted by molar-refractivity contribution is 0.160. The molecule has 1 rings (SSSR count). The number of hydrogen-bond acceptors (Lipinski definition) is 7. The van der Waals surface area contributed by atoms with Gasteiger partial charge in [-0.2, -0.15) is 15.0 Å². The van der Waals surface area contributed by atoms with Crippen molar-refractivity contribution in [3.05, 3.63) is 12.7 Å². The maximum atomic E-state index is 11.9. The first-order valence-electron chi connectivity index (χ1n) is 6.14. The maximum absolute atomic E-state index is 11.9. The number of carbonyl (C=O) groups excluding carboxylic acids is 1. The van der Waals surface area contributed by atoms with Crippen LogP contribution in [0.3, 0.4) is 0 Å². The van der Waals surface area contributed by atoms with Crippen LogP contribution in [0.1, 0.15) is 13.8 Å². The highest BCUT2D eigenvalue weighted by molar-refractivity contribution is 7.99. The van der Waals surface area contributed by atoms with Gasteiger partial charge in [-0.25, -0.2) is 9.69 Å². The van der Waals surface area contributed by atoms with Gasteiger partial charge in [0.05, 0.1) is 20.3 Å². The van der Waals surface area contributed by atoms with Crippen LogP contribution in [0.5, 0.6) is 6.01 Å². The number of amides is 1. The molecule has 0 bridgehead atoms. The van der Waals surface area contributed by atoms with Crippen LogP contribution in [-0.4, -0.2) is 47.1 Å². The van der Waals surface area contributed by atoms with Crippen LogP contribution in [0.4, 0.5) is 10.7 Å². The highest BCUT2D eigenvalue weighted by Crippen LogP contribution is 2.19. The van der Waals surface area contributed by atoms with Gasteiger partial charge >= 0.3 is 12.1 Å². The number of aromatic nitrogens is 3. The zero-order valence-corrected chi connectivity index (χ0v) is 12.6. The average molecular weight is 298 g/mol. The summed E-state index contributed by atoms with van der Waals surface area (Å²) in [6.07, 6.45) is 1.04. The van der Waals surface area contributed by atoms with Crippen molar-refractivity contribution < 1.29 is 14.3 Å². The number of carbonyl (C=O) groups is 1. The Morgan fingerprint density at radius 1 is 1.40 bits per heavy atom. The SMILES string of the molecule is C=CCN(C(=O)OCC)c1nc(OC)nc(SCC)n1. The van der Waals surface area contributed by atoms with Crippen LogP contribution in [-0.2, 0) is 4.74 Å². The first-order chi connectivity index (χ1) is 9.65. The standard InChI is InChI=1S/C12H18N4O3S/c1-5-8-16(12(17)19-6-2)9-13-10(18-4)15-11(14-9)20-7-3/h5H,1,6-8H2,2-4H3. The van der Waals surface area contributed by atoms with E-state index in [4.69, 9.17) is 9.47 Å². The lowest BCUT2D eigenvalue weighted by Gasteiger charge is -2.18. The molecule has 0 saturated carbocycles. The normalized spacial score (nSPS) is 9.95. The van der Waals surface area contributed by atoms with Gasteiger partial charge in [0.25, 0.3) is 0 Å². The van der Waals surface area contributed by atoms with Crippen LogP contribution in [0.15, 0.2) is 17.8 Å². The van der Waals surface area contributed by atoms with Gasteiger partial charge in [0.1, 0.15) is 0 Å². The smallest absolute Gasteiger partial charge is 0.416 e. The van der Waals surface area contributed by atoms with Crippen molar-refractivity contribution in [1.29, 1.82) is 0 Å². The summed E-state index contributed by atoms with van der Waals surface area (Å²) in [5.41, 5.74) is 0. The van der Waals surface area contributed by atoms with E-state index in [1.165, 1.54) is 23.8 Å². The van der Waals surface area contributed by atoms with Gasteiger partial charge < -0.3 is 9.47 Å². The van der Waals surface area contributed by atoms with Crippen molar-refractivity contribution in [2.75, 3.05) is 30.9 Å². The molecule has 1 amide bonds. The molecule has 1 aromatic heterocycles. The van der Waals surface area contributed by atoms with Crippen molar-refractivity contribution in [3.8, 4) is 6.01 Å². The molecular weight excluding hydrogens is 280 g/mol. The van der Waals surface area contributed by atoms with Gasteiger partial charge in [-0.1, -0.05) is 24.8 Å². The number of thioether (sulfide) groups is 1. The molecule has 0 saturated heterocycles. The summed E-state index contributed by atoms with van der Waals surface area (Å²) in [6, 6.07) is 0.157. The fraction of sp³-hybridized carbons (Fsp3) is 0.500. The Bertz CT molecular complexity index is 470. The first kappa shape index (κ1) is 16.2. The number of methoxy groups -OCH3 is 1. The van der Waals surface area contributed by atoms with E-state index >= 15 is 0 Å². The molecule has 110 valence electrons. The molecule has 8 heteroatoms. The van der Waals surface area contributed by atoms with Gasteiger partial charge in [-0.15, -0.1) is 6.58 Å². The average Bonchev–Trinajstić information content (AvgIpc) is 2.44. The molecule has 0 radical (unpaired) electrons. The maximum Gasteiger partial charge on any atom is 0.416 e. The Morgan fingerprint density at radius 2 is 2.15 bits per heavy atom. The van der Waals surface area contributed by atoms with Crippen molar-refractivity contribution >= 4 is 23.8 Å². The molecule has 1 aromatic rings.